The van der Waals surface area contributed by atoms with Crippen LogP contribution in [0.15, 0.2) is 12.1 Å². The summed E-state index contributed by atoms with van der Waals surface area (Å²) in [5.41, 5.74) is 5.52. The van der Waals surface area contributed by atoms with Gasteiger partial charge in [0.2, 0.25) is 0 Å². The number of piperazine rings is 1. The topological polar surface area (TPSA) is 67.1 Å². The molecule has 0 saturated carbocycles. The summed E-state index contributed by atoms with van der Waals surface area (Å²) in [5, 5.41) is 11.6. The number of anilines is 2. The maximum Gasteiger partial charge on any atom is 0.151 e. The van der Waals surface area contributed by atoms with E-state index >= 15 is 0 Å². The van der Waals surface area contributed by atoms with E-state index in [9.17, 15) is 0 Å². The van der Waals surface area contributed by atoms with E-state index in [1.54, 1.807) is 0 Å². The Bertz CT molecular complexity index is 337. The largest absolute Gasteiger partial charge is 0.382 e. The number of rotatable bonds is 1. The summed E-state index contributed by atoms with van der Waals surface area (Å²) in [7, 11) is 0. The van der Waals surface area contributed by atoms with Crippen LogP contribution >= 0.6 is 0 Å². The average Bonchev–Trinajstić information content (AvgIpc) is 2.59. The second-order valence-corrected chi connectivity index (χ2v) is 4.36. The van der Waals surface area contributed by atoms with Crippen LogP contribution in [0.2, 0.25) is 0 Å². The standard InChI is InChI=1S/C10H15N5/c11-9-3-4-10(14-13-9)15-5-7-1-2-8(6-15)12-7/h3-4,7-8,12H,1-2,5-6H2,(H2,11,13). The van der Waals surface area contributed by atoms with Gasteiger partial charge in [-0.25, -0.2) is 0 Å². The molecule has 2 aliphatic heterocycles. The predicted molar refractivity (Wildman–Crippen MR) is 58.6 cm³/mol. The molecule has 1 aromatic rings. The molecule has 1 aromatic heterocycles. The molecule has 5 nitrogen and oxygen atoms in total. The van der Waals surface area contributed by atoms with Crippen LogP contribution < -0.4 is 16.0 Å². The van der Waals surface area contributed by atoms with Crippen molar-refractivity contribution in [1.29, 1.82) is 0 Å². The molecule has 15 heavy (non-hydrogen) atoms. The summed E-state index contributed by atoms with van der Waals surface area (Å²) < 4.78 is 0. The van der Waals surface area contributed by atoms with Crippen LogP contribution in [-0.4, -0.2) is 35.4 Å². The summed E-state index contributed by atoms with van der Waals surface area (Å²) in [5.74, 6) is 1.43. The summed E-state index contributed by atoms with van der Waals surface area (Å²) in [6.45, 7) is 2.07. The van der Waals surface area contributed by atoms with Gasteiger partial charge in [-0.15, -0.1) is 10.2 Å². The first-order valence-electron chi connectivity index (χ1n) is 5.41. The summed E-state index contributed by atoms with van der Waals surface area (Å²) in [6.07, 6.45) is 2.56. The summed E-state index contributed by atoms with van der Waals surface area (Å²) in [4.78, 5) is 2.30. The highest BCUT2D eigenvalue weighted by Crippen LogP contribution is 2.23. The van der Waals surface area contributed by atoms with Crippen LogP contribution in [0, 0.1) is 0 Å². The number of fused-ring (bicyclic) bond motifs is 2. The number of nitrogens with zero attached hydrogens (tertiary/aromatic N) is 3. The van der Waals surface area contributed by atoms with Gasteiger partial charge in [-0.1, -0.05) is 0 Å². The molecule has 2 atom stereocenters. The van der Waals surface area contributed by atoms with Gasteiger partial charge in [0, 0.05) is 25.2 Å². The Kier molecular flexibility index (Phi) is 1.98. The molecule has 3 N–H and O–H groups in total. The van der Waals surface area contributed by atoms with Gasteiger partial charge in [0.1, 0.15) is 5.82 Å². The lowest BCUT2D eigenvalue weighted by molar-refractivity contribution is 0.462. The van der Waals surface area contributed by atoms with Crippen molar-refractivity contribution in [2.45, 2.75) is 24.9 Å². The van der Waals surface area contributed by atoms with E-state index in [-0.39, 0.29) is 0 Å². The quantitative estimate of drug-likeness (QED) is 0.675. The zero-order valence-corrected chi connectivity index (χ0v) is 8.56. The zero-order chi connectivity index (χ0) is 10.3. The molecule has 3 rings (SSSR count). The maximum atomic E-state index is 5.52. The Balaban J connectivity index is 1.80. The first-order chi connectivity index (χ1) is 7.31. The average molecular weight is 205 g/mol. The minimum absolute atomic E-state index is 0.483. The molecule has 2 saturated heterocycles. The predicted octanol–water partition coefficient (Wildman–Crippen LogP) is -0.000600. The molecule has 0 radical (unpaired) electrons. The SMILES string of the molecule is Nc1ccc(N2CC3CCC(C2)N3)nn1. The van der Waals surface area contributed by atoms with Crippen molar-refractivity contribution >= 4 is 11.6 Å². The third-order valence-electron chi connectivity index (χ3n) is 3.21. The maximum absolute atomic E-state index is 5.52. The molecule has 0 spiro atoms. The highest BCUT2D eigenvalue weighted by Gasteiger charge is 2.32. The minimum Gasteiger partial charge on any atom is -0.382 e. The molecular weight excluding hydrogens is 190 g/mol. The van der Waals surface area contributed by atoms with E-state index < -0.39 is 0 Å². The van der Waals surface area contributed by atoms with Crippen LogP contribution in [0.3, 0.4) is 0 Å². The Morgan fingerprint density at radius 1 is 1.20 bits per heavy atom. The number of hydrogen-bond donors (Lipinski definition) is 2. The van der Waals surface area contributed by atoms with Gasteiger partial charge in [-0.2, -0.15) is 0 Å². The highest BCUT2D eigenvalue weighted by atomic mass is 15.3. The summed E-state index contributed by atoms with van der Waals surface area (Å²) >= 11 is 0. The molecule has 0 aliphatic carbocycles. The molecule has 0 aromatic carbocycles. The zero-order valence-electron chi connectivity index (χ0n) is 8.56. The van der Waals surface area contributed by atoms with Crippen molar-refractivity contribution in [1.82, 2.24) is 15.5 Å². The van der Waals surface area contributed by atoms with Crippen LogP contribution in [0.25, 0.3) is 0 Å². The Hall–Kier alpha value is -1.36. The van der Waals surface area contributed by atoms with Crippen LogP contribution in [-0.2, 0) is 0 Å². The fourth-order valence-corrected chi connectivity index (χ4v) is 2.49. The Labute approximate surface area is 88.7 Å². The monoisotopic (exact) mass is 205 g/mol. The lowest BCUT2D eigenvalue weighted by Gasteiger charge is -2.33. The van der Waals surface area contributed by atoms with Crippen molar-refractivity contribution in [2.24, 2.45) is 0 Å². The van der Waals surface area contributed by atoms with Gasteiger partial charge in [-0.3, -0.25) is 0 Å². The van der Waals surface area contributed by atoms with E-state index in [1.165, 1.54) is 12.8 Å². The van der Waals surface area contributed by atoms with Gasteiger partial charge < -0.3 is 16.0 Å². The summed E-state index contributed by atoms with van der Waals surface area (Å²) in [6, 6.07) is 5.02. The fourth-order valence-electron chi connectivity index (χ4n) is 2.49. The molecule has 0 amide bonds. The van der Waals surface area contributed by atoms with Gasteiger partial charge in [-0.05, 0) is 25.0 Å². The van der Waals surface area contributed by atoms with E-state index in [1.807, 2.05) is 12.1 Å². The minimum atomic E-state index is 0.483. The van der Waals surface area contributed by atoms with E-state index in [4.69, 9.17) is 5.73 Å². The van der Waals surface area contributed by atoms with Gasteiger partial charge in [0.15, 0.2) is 5.82 Å². The highest BCUT2D eigenvalue weighted by molar-refractivity contribution is 5.42. The second-order valence-electron chi connectivity index (χ2n) is 4.36. The van der Waals surface area contributed by atoms with Crippen LogP contribution in [0.1, 0.15) is 12.8 Å². The Morgan fingerprint density at radius 3 is 2.53 bits per heavy atom. The number of nitrogens with one attached hydrogen (secondary N) is 1. The van der Waals surface area contributed by atoms with Crippen molar-refractivity contribution in [2.75, 3.05) is 23.7 Å². The first kappa shape index (κ1) is 8.91. The molecule has 3 heterocycles. The molecule has 2 aliphatic rings. The van der Waals surface area contributed by atoms with Crippen molar-refractivity contribution < 1.29 is 0 Å². The molecule has 2 fully saturated rings. The fraction of sp³-hybridized carbons (Fsp3) is 0.600. The third-order valence-corrected chi connectivity index (χ3v) is 3.21. The lowest BCUT2D eigenvalue weighted by Crippen LogP contribution is -2.51. The van der Waals surface area contributed by atoms with Gasteiger partial charge in [0.05, 0.1) is 0 Å². The molecule has 2 unspecified atom stereocenters. The Morgan fingerprint density at radius 2 is 1.93 bits per heavy atom. The van der Waals surface area contributed by atoms with Crippen molar-refractivity contribution in [3.63, 3.8) is 0 Å². The van der Waals surface area contributed by atoms with E-state index in [2.05, 4.69) is 20.4 Å². The number of nitrogens with two attached hydrogens (primary N) is 1. The molecular formula is C10H15N5. The first-order valence-corrected chi connectivity index (χ1v) is 5.41. The van der Waals surface area contributed by atoms with Crippen molar-refractivity contribution in [3.8, 4) is 0 Å². The van der Waals surface area contributed by atoms with E-state index in [0.29, 0.717) is 17.9 Å². The number of nitrogen functional groups attached to an aromatic ring is 1. The second kappa shape index (κ2) is 3.34. The lowest BCUT2D eigenvalue weighted by atomic mass is 10.2. The number of aromatic nitrogens is 2. The van der Waals surface area contributed by atoms with Gasteiger partial charge in [0.25, 0.3) is 0 Å². The van der Waals surface area contributed by atoms with Crippen LogP contribution in [0.4, 0.5) is 11.6 Å². The smallest absolute Gasteiger partial charge is 0.151 e. The van der Waals surface area contributed by atoms with Crippen LogP contribution in [0.5, 0.6) is 0 Å². The third kappa shape index (κ3) is 1.63. The van der Waals surface area contributed by atoms with E-state index in [0.717, 1.165) is 18.9 Å². The van der Waals surface area contributed by atoms with Crippen molar-refractivity contribution in [3.05, 3.63) is 12.1 Å². The number of hydrogen-bond acceptors (Lipinski definition) is 5. The molecule has 80 valence electrons. The van der Waals surface area contributed by atoms with Gasteiger partial charge >= 0.3 is 0 Å². The molecule has 5 heteroatoms. The normalized spacial score (nSPS) is 29.5. The molecule has 2 bridgehead atoms.